The van der Waals surface area contributed by atoms with Crippen molar-refractivity contribution >= 4 is 39.5 Å². The smallest absolute Gasteiger partial charge is 0.462 e. The van der Waals surface area contributed by atoms with Crippen LogP contribution in [0.25, 0.3) is 0 Å². The van der Waals surface area contributed by atoms with E-state index in [-0.39, 0.29) is 25.7 Å². The van der Waals surface area contributed by atoms with Crippen LogP contribution in [-0.2, 0) is 65.4 Å². The van der Waals surface area contributed by atoms with Gasteiger partial charge >= 0.3 is 39.5 Å². The summed E-state index contributed by atoms with van der Waals surface area (Å²) in [5.41, 5.74) is 0. The molecule has 0 saturated heterocycles. The lowest BCUT2D eigenvalue weighted by molar-refractivity contribution is -0.161. The Kier molecular flexibility index (Phi) is 63.3. The van der Waals surface area contributed by atoms with Crippen LogP contribution in [0.3, 0.4) is 0 Å². The van der Waals surface area contributed by atoms with Crippen molar-refractivity contribution in [1.29, 1.82) is 0 Å². The molecule has 0 aromatic carbocycles. The zero-order valence-electron chi connectivity index (χ0n) is 57.4. The Bertz CT molecular complexity index is 1710. The first kappa shape index (κ1) is 87.1. The predicted octanol–water partition coefficient (Wildman–Crippen LogP) is 20.3. The molecule has 3 N–H and O–H groups in total. The molecule has 0 aliphatic heterocycles. The van der Waals surface area contributed by atoms with Gasteiger partial charge in [0.1, 0.15) is 19.3 Å². The van der Waals surface area contributed by atoms with Crippen LogP contribution in [0.1, 0.15) is 368 Å². The maximum atomic E-state index is 13.0. The maximum absolute atomic E-state index is 13.0. The summed E-state index contributed by atoms with van der Waals surface area (Å²) in [6.45, 7) is 4.95. The van der Waals surface area contributed by atoms with Gasteiger partial charge in [0.05, 0.1) is 26.4 Å². The maximum Gasteiger partial charge on any atom is 0.472 e. The molecule has 17 nitrogen and oxygen atoms in total. The van der Waals surface area contributed by atoms with Gasteiger partial charge in [0.15, 0.2) is 12.2 Å². The number of aliphatic hydroxyl groups is 1. The number of phosphoric acid groups is 2. The van der Waals surface area contributed by atoms with Crippen LogP contribution >= 0.6 is 15.6 Å². The third kappa shape index (κ3) is 64.6. The minimum Gasteiger partial charge on any atom is -0.462 e. The van der Waals surface area contributed by atoms with Crippen LogP contribution in [0.4, 0.5) is 0 Å². The van der Waals surface area contributed by atoms with Gasteiger partial charge in [0.25, 0.3) is 0 Å². The number of ether oxygens (including phenoxy) is 4. The monoisotopic (exact) mass is 1310 g/mol. The number of esters is 4. The van der Waals surface area contributed by atoms with E-state index in [4.69, 9.17) is 37.0 Å². The average molecular weight is 1310 g/mol. The fourth-order valence-electron chi connectivity index (χ4n) is 10.7. The molecule has 0 aliphatic rings. The van der Waals surface area contributed by atoms with Crippen LogP contribution in [-0.4, -0.2) is 96.7 Å². The van der Waals surface area contributed by atoms with Gasteiger partial charge in [-0.15, -0.1) is 0 Å². The van der Waals surface area contributed by atoms with Crippen molar-refractivity contribution < 1.29 is 80.2 Å². The van der Waals surface area contributed by atoms with Crippen molar-refractivity contribution in [1.82, 2.24) is 0 Å². The first-order valence-corrected chi connectivity index (χ1v) is 39.8. The second kappa shape index (κ2) is 64.8. The topological polar surface area (TPSA) is 237 Å². The Labute approximate surface area is 543 Å². The zero-order valence-corrected chi connectivity index (χ0v) is 59.2. The Hall–Kier alpha value is -1.94. The molecule has 0 fully saturated rings. The van der Waals surface area contributed by atoms with Crippen molar-refractivity contribution in [3.8, 4) is 0 Å². The molecule has 528 valence electrons. The standard InChI is InChI=1S/C70H136O17P2/c1-5-9-13-17-21-25-29-31-33-37-41-45-49-53-57-70(75)87-66(61-81-68(73)55-51-47-43-39-36-32-30-26-22-18-14-10-6-2)63-85-89(78,79)83-59-64(71)58-82-88(76,77)84-62-65(86-69(74)56-52-48-44-40-35-28-24-20-16-12-8-4)60-80-67(72)54-50-46-42-38-34-27-23-19-15-11-7-3/h64-66,71H,5-63H2,1-4H3,(H,76,77)(H,78,79)/t64-,65+,66+/m0/s1. The molecule has 0 spiro atoms. The van der Waals surface area contributed by atoms with Gasteiger partial charge in [-0.1, -0.05) is 317 Å². The summed E-state index contributed by atoms with van der Waals surface area (Å²) in [4.78, 5) is 72.5. The van der Waals surface area contributed by atoms with Crippen LogP contribution in [0.5, 0.6) is 0 Å². The highest BCUT2D eigenvalue weighted by Gasteiger charge is 2.30. The van der Waals surface area contributed by atoms with E-state index >= 15 is 0 Å². The number of carbonyl (C=O) groups excluding carboxylic acids is 4. The van der Waals surface area contributed by atoms with Gasteiger partial charge in [-0.25, -0.2) is 9.13 Å². The van der Waals surface area contributed by atoms with E-state index in [0.717, 1.165) is 89.9 Å². The molecule has 0 aromatic rings. The van der Waals surface area contributed by atoms with Crippen LogP contribution in [0.15, 0.2) is 0 Å². The molecule has 0 heterocycles. The van der Waals surface area contributed by atoms with Crippen molar-refractivity contribution in [3.05, 3.63) is 0 Å². The van der Waals surface area contributed by atoms with E-state index in [0.29, 0.717) is 25.7 Å². The van der Waals surface area contributed by atoms with Crippen molar-refractivity contribution in [2.45, 2.75) is 386 Å². The second-order valence-corrected chi connectivity index (χ2v) is 28.2. The van der Waals surface area contributed by atoms with Crippen molar-refractivity contribution in [3.63, 3.8) is 0 Å². The van der Waals surface area contributed by atoms with Gasteiger partial charge in [-0.3, -0.25) is 37.3 Å². The molecular formula is C70H136O17P2. The molecule has 0 saturated carbocycles. The van der Waals surface area contributed by atoms with Gasteiger partial charge < -0.3 is 33.8 Å². The average Bonchev–Trinajstić information content (AvgIpc) is 3.70. The summed E-state index contributed by atoms with van der Waals surface area (Å²) in [6.07, 6.45) is 52.4. The number of phosphoric ester groups is 2. The summed E-state index contributed by atoms with van der Waals surface area (Å²) in [5, 5.41) is 10.6. The molecule has 5 atom stereocenters. The summed E-state index contributed by atoms with van der Waals surface area (Å²) in [6, 6.07) is 0. The Morgan fingerprint density at radius 2 is 0.449 bits per heavy atom. The molecule has 0 bridgehead atoms. The Balaban J connectivity index is 5.24. The number of hydrogen-bond acceptors (Lipinski definition) is 15. The van der Waals surface area contributed by atoms with Crippen LogP contribution in [0.2, 0.25) is 0 Å². The molecule has 0 aromatic heterocycles. The van der Waals surface area contributed by atoms with E-state index in [1.54, 1.807) is 0 Å². The zero-order chi connectivity index (χ0) is 65.4. The first-order chi connectivity index (χ1) is 43.2. The highest BCUT2D eigenvalue weighted by molar-refractivity contribution is 7.47. The van der Waals surface area contributed by atoms with E-state index < -0.39 is 97.5 Å². The minimum absolute atomic E-state index is 0.108. The molecule has 19 heteroatoms. The lowest BCUT2D eigenvalue weighted by Crippen LogP contribution is -2.30. The Morgan fingerprint density at radius 1 is 0.270 bits per heavy atom. The normalized spacial score (nSPS) is 14.0. The molecule has 0 radical (unpaired) electrons. The largest absolute Gasteiger partial charge is 0.472 e. The quantitative estimate of drug-likeness (QED) is 0.0222. The molecule has 0 amide bonds. The third-order valence-electron chi connectivity index (χ3n) is 16.4. The van der Waals surface area contributed by atoms with E-state index in [2.05, 4.69) is 27.7 Å². The lowest BCUT2D eigenvalue weighted by Gasteiger charge is -2.21. The van der Waals surface area contributed by atoms with E-state index in [1.165, 1.54) is 199 Å². The van der Waals surface area contributed by atoms with Crippen molar-refractivity contribution in [2.75, 3.05) is 39.6 Å². The van der Waals surface area contributed by atoms with E-state index in [9.17, 15) is 43.2 Å². The second-order valence-electron chi connectivity index (χ2n) is 25.3. The Morgan fingerprint density at radius 3 is 0.663 bits per heavy atom. The number of unbranched alkanes of at least 4 members (excludes halogenated alkanes) is 45. The molecule has 0 aliphatic carbocycles. The van der Waals surface area contributed by atoms with Gasteiger partial charge in [-0.2, -0.15) is 0 Å². The van der Waals surface area contributed by atoms with Gasteiger partial charge in [-0.05, 0) is 25.7 Å². The highest BCUT2D eigenvalue weighted by Crippen LogP contribution is 2.45. The van der Waals surface area contributed by atoms with E-state index in [1.807, 2.05) is 0 Å². The fourth-order valence-corrected chi connectivity index (χ4v) is 12.3. The number of carbonyl (C=O) groups is 4. The summed E-state index contributed by atoms with van der Waals surface area (Å²) < 4.78 is 68.3. The third-order valence-corrected chi connectivity index (χ3v) is 18.3. The summed E-state index contributed by atoms with van der Waals surface area (Å²) in [5.74, 6) is -2.12. The highest BCUT2D eigenvalue weighted by atomic mass is 31.2. The summed E-state index contributed by atoms with van der Waals surface area (Å²) in [7, 11) is -9.90. The predicted molar refractivity (Wildman–Crippen MR) is 359 cm³/mol. The molecule has 89 heavy (non-hydrogen) atoms. The van der Waals surface area contributed by atoms with Crippen LogP contribution in [0, 0.1) is 0 Å². The molecule has 0 rings (SSSR count). The number of rotatable bonds is 71. The molecule has 2 unspecified atom stereocenters. The number of hydrogen-bond donors (Lipinski definition) is 3. The minimum atomic E-state index is -4.95. The fraction of sp³-hybridized carbons (Fsp3) is 0.943. The summed E-state index contributed by atoms with van der Waals surface area (Å²) >= 11 is 0. The number of aliphatic hydroxyl groups excluding tert-OH is 1. The molecular weight excluding hydrogens is 1170 g/mol. The SMILES string of the molecule is CCCCCCCCCCCCCCCCC(=O)O[C@H](COC(=O)CCCCCCCCCCCCCCC)COP(=O)(O)OC[C@@H](O)COP(=O)(O)OC[C@@H](COC(=O)CCCCCCCCCCCCC)OC(=O)CCCCCCCCCCCCC. The first-order valence-electron chi connectivity index (χ1n) is 36.8. The van der Waals surface area contributed by atoms with Gasteiger partial charge in [0, 0.05) is 25.7 Å². The lowest BCUT2D eigenvalue weighted by atomic mass is 10.0. The van der Waals surface area contributed by atoms with Crippen LogP contribution < -0.4 is 0 Å². The van der Waals surface area contributed by atoms with Crippen molar-refractivity contribution in [2.24, 2.45) is 0 Å². The van der Waals surface area contributed by atoms with Gasteiger partial charge in [0.2, 0.25) is 0 Å².